The Morgan fingerprint density at radius 1 is 0.710 bits per heavy atom. The lowest BCUT2D eigenvalue weighted by atomic mass is 10.0. The molecule has 0 bridgehead atoms. The van der Waals surface area contributed by atoms with Crippen molar-refractivity contribution >= 4 is 49.2 Å². The Labute approximate surface area is 184 Å². The fourth-order valence-corrected chi connectivity index (χ4v) is 4.54. The molecule has 0 saturated heterocycles. The van der Waals surface area contributed by atoms with Gasteiger partial charge >= 0.3 is 0 Å². The van der Waals surface area contributed by atoms with Crippen LogP contribution in [0.2, 0.25) is 5.02 Å². The van der Waals surface area contributed by atoms with Crippen molar-refractivity contribution in [1.29, 1.82) is 0 Å². The average Bonchev–Trinajstić information content (AvgIpc) is 2.78. The van der Waals surface area contributed by atoms with Crippen LogP contribution < -0.4 is 4.72 Å². The Morgan fingerprint density at radius 2 is 1.35 bits per heavy atom. The predicted octanol–water partition coefficient (Wildman–Crippen LogP) is 5.90. The Bertz CT molecular complexity index is 1530. The number of aromatic nitrogens is 2. The van der Waals surface area contributed by atoms with Gasteiger partial charge in [0.05, 0.1) is 15.9 Å². The summed E-state index contributed by atoms with van der Waals surface area (Å²) in [5.41, 5.74) is 2.51. The second kappa shape index (κ2) is 7.65. The minimum Gasteiger partial charge on any atom is -0.262 e. The van der Waals surface area contributed by atoms with E-state index in [1.807, 2.05) is 60.7 Å². The molecule has 5 nitrogen and oxygen atoms in total. The third-order valence-corrected chi connectivity index (χ3v) is 6.56. The van der Waals surface area contributed by atoms with Crippen LogP contribution in [0.25, 0.3) is 33.1 Å². The van der Waals surface area contributed by atoms with Crippen LogP contribution in [0.4, 0.5) is 5.82 Å². The van der Waals surface area contributed by atoms with Crippen molar-refractivity contribution in [3.8, 4) is 11.3 Å². The molecule has 0 saturated carbocycles. The van der Waals surface area contributed by atoms with Crippen molar-refractivity contribution in [2.24, 2.45) is 0 Å². The number of nitrogens with zero attached hydrogens (tertiary/aromatic N) is 2. The molecule has 0 spiro atoms. The summed E-state index contributed by atoms with van der Waals surface area (Å²) >= 11 is 5.90. The number of nitrogens with one attached hydrogen (secondary N) is 1. The number of rotatable bonds is 4. The molecule has 5 aromatic rings. The average molecular weight is 446 g/mol. The molecule has 7 heteroatoms. The summed E-state index contributed by atoms with van der Waals surface area (Å²) in [6.07, 6.45) is 0. The Hall–Kier alpha value is -3.48. The van der Waals surface area contributed by atoms with Crippen LogP contribution in [0.15, 0.2) is 95.9 Å². The number of halogens is 1. The highest BCUT2D eigenvalue weighted by atomic mass is 35.5. The van der Waals surface area contributed by atoms with E-state index < -0.39 is 10.0 Å². The zero-order valence-corrected chi connectivity index (χ0v) is 17.7. The largest absolute Gasteiger partial charge is 0.263 e. The first kappa shape index (κ1) is 19.5. The zero-order chi connectivity index (χ0) is 21.4. The van der Waals surface area contributed by atoms with E-state index >= 15 is 0 Å². The first-order valence-corrected chi connectivity index (χ1v) is 11.4. The highest BCUT2D eigenvalue weighted by Gasteiger charge is 2.20. The lowest BCUT2D eigenvalue weighted by Gasteiger charge is -2.13. The quantitative estimate of drug-likeness (QED) is 0.373. The zero-order valence-electron chi connectivity index (χ0n) is 16.2. The van der Waals surface area contributed by atoms with Crippen LogP contribution in [0.1, 0.15) is 0 Å². The molecule has 152 valence electrons. The van der Waals surface area contributed by atoms with Gasteiger partial charge in [-0.15, -0.1) is 0 Å². The van der Waals surface area contributed by atoms with Gasteiger partial charge in [-0.2, -0.15) is 0 Å². The van der Waals surface area contributed by atoms with Crippen LogP contribution >= 0.6 is 11.6 Å². The molecule has 5 rings (SSSR count). The topological polar surface area (TPSA) is 72.0 Å². The van der Waals surface area contributed by atoms with Gasteiger partial charge in [0.25, 0.3) is 10.0 Å². The van der Waals surface area contributed by atoms with Crippen LogP contribution in [-0.2, 0) is 10.0 Å². The number of sulfonamides is 1. The SMILES string of the molecule is O=S(=O)(Nc1nc2ccccc2nc1-c1ccc2ccccc2c1)c1ccc(Cl)cc1. The molecule has 0 amide bonds. The van der Waals surface area contributed by atoms with Crippen molar-refractivity contribution in [2.75, 3.05) is 4.72 Å². The number of benzene rings is 4. The van der Waals surface area contributed by atoms with Gasteiger partial charge in [-0.05, 0) is 53.2 Å². The molecule has 0 aliphatic rings. The summed E-state index contributed by atoms with van der Waals surface area (Å²) in [5, 5.41) is 2.58. The van der Waals surface area contributed by atoms with Gasteiger partial charge in [-0.25, -0.2) is 18.4 Å². The molecule has 1 aromatic heterocycles. The molecule has 0 radical (unpaired) electrons. The van der Waals surface area contributed by atoms with E-state index in [1.165, 1.54) is 24.3 Å². The molecule has 0 fully saturated rings. The van der Waals surface area contributed by atoms with Crippen molar-refractivity contribution in [2.45, 2.75) is 4.90 Å². The van der Waals surface area contributed by atoms with Gasteiger partial charge in [0.15, 0.2) is 5.82 Å². The van der Waals surface area contributed by atoms with Crippen LogP contribution in [0.5, 0.6) is 0 Å². The van der Waals surface area contributed by atoms with Crippen molar-refractivity contribution < 1.29 is 8.42 Å². The first-order valence-electron chi connectivity index (χ1n) is 9.54. The molecule has 0 unspecified atom stereocenters. The molecule has 0 aliphatic carbocycles. The number of hydrogen-bond acceptors (Lipinski definition) is 4. The highest BCUT2D eigenvalue weighted by Crippen LogP contribution is 2.31. The summed E-state index contributed by atoms with van der Waals surface area (Å²) in [6.45, 7) is 0. The predicted molar refractivity (Wildman–Crippen MR) is 125 cm³/mol. The van der Waals surface area contributed by atoms with Gasteiger partial charge in [-0.1, -0.05) is 60.1 Å². The fraction of sp³-hybridized carbons (Fsp3) is 0. The number of hydrogen-bond donors (Lipinski definition) is 1. The van der Waals surface area contributed by atoms with Gasteiger partial charge < -0.3 is 0 Å². The van der Waals surface area contributed by atoms with E-state index in [4.69, 9.17) is 16.6 Å². The maximum Gasteiger partial charge on any atom is 0.263 e. The Balaban J connectivity index is 1.68. The van der Waals surface area contributed by atoms with Crippen molar-refractivity contribution in [3.63, 3.8) is 0 Å². The summed E-state index contributed by atoms with van der Waals surface area (Å²) < 4.78 is 28.7. The normalized spacial score (nSPS) is 11.6. The van der Waals surface area contributed by atoms with Crippen LogP contribution in [0, 0.1) is 0 Å². The van der Waals surface area contributed by atoms with Gasteiger partial charge in [0.2, 0.25) is 0 Å². The maximum absolute atomic E-state index is 13.0. The first-order chi connectivity index (χ1) is 15.0. The minimum absolute atomic E-state index is 0.0938. The third-order valence-electron chi connectivity index (χ3n) is 4.95. The van der Waals surface area contributed by atoms with Crippen molar-refractivity contribution in [3.05, 3.63) is 96.0 Å². The molecule has 4 aromatic carbocycles. The van der Waals surface area contributed by atoms with E-state index in [-0.39, 0.29) is 10.7 Å². The van der Waals surface area contributed by atoms with Gasteiger partial charge in [-0.3, -0.25) is 4.72 Å². The minimum atomic E-state index is -3.88. The molecule has 1 N–H and O–H groups in total. The lowest BCUT2D eigenvalue weighted by Crippen LogP contribution is -2.15. The van der Waals surface area contributed by atoms with E-state index in [1.54, 1.807) is 6.07 Å². The van der Waals surface area contributed by atoms with E-state index in [2.05, 4.69) is 9.71 Å². The molecular weight excluding hydrogens is 430 g/mol. The fourth-order valence-electron chi connectivity index (χ4n) is 3.41. The molecule has 0 aliphatic heterocycles. The van der Waals surface area contributed by atoms with Crippen LogP contribution in [-0.4, -0.2) is 18.4 Å². The number of anilines is 1. The molecule has 1 heterocycles. The van der Waals surface area contributed by atoms with E-state index in [0.29, 0.717) is 21.7 Å². The van der Waals surface area contributed by atoms with E-state index in [0.717, 1.165) is 16.3 Å². The van der Waals surface area contributed by atoms with Gasteiger partial charge in [0.1, 0.15) is 5.69 Å². The lowest BCUT2D eigenvalue weighted by molar-refractivity contribution is 0.601. The standard InChI is InChI=1S/C24H16ClN3O2S/c25-19-11-13-20(14-12-19)31(29,30)28-24-23(26-21-7-3-4-8-22(21)27-24)18-10-9-16-5-1-2-6-17(16)15-18/h1-15H,(H,27,28). The van der Waals surface area contributed by atoms with Gasteiger partial charge in [0, 0.05) is 10.6 Å². The number of para-hydroxylation sites is 2. The second-order valence-electron chi connectivity index (χ2n) is 7.03. The monoisotopic (exact) mass is 445 g/mol. The smallest absolute Gasteiger partial charge is 0.262 e. The molecule has 0 atom stereocenters. The van der Waals surface area contributed by atoms with Crippen LogP contribution in [0.3, 0.4) is 0 Å². The Morgan fingerprint density at radius 3 is 2.10 bits per heavy atom. The summed E-state index contributed by atoms with van der Waals surface area (Å²) in [4.78, 5) is 9.41. The summed E-state index contributed by atoms with van der Waals surface area (Å²) in [5.74, 6) is 0.170. The molecular formula is C24H16ClN3O2S. The highest BCUT2D eigenvalue weighted by molar-refractivity contribution is 7.92. The Kier molecular flexibility index (Phi) is 4.81. The summed E-state index contributed by atoms with van der Waals surface area (Å²) in [7, 11) is -3.88. The van der Waals surface area contributed by atoms with E-state index in [9.17, 15) is 8.42 Å². The number of fused-ring (bicyclic) bond motifs is 2. The molecule has 31 heavy (non-hydrogen) atoms. The van der Waals surface area contributed by atoms with Crippen molar-refractivity contribution in [1.82, 2.24) is 9.97 Å². The third kappa shape index (κ3) is 3.83. The second-order valence-corrected chi connectivity index (χ2v) is 9.15. The summed E-state index contributed by atoms with van der Waals surface area (Å²) in [6, 6.07) is 27.2. The maximum atomic E-state index is 13.0.